The fourth-order valence-electron chi connectivity index (χ4n) is 1.79. The third-order valence-corrected chi connectivity index (χ3v) is 5.61. The summed E-state index contributed by atoms with van der Waals surface area (Å²) in [6.07, 6.45) is 0. The maximum atomic E-state index is 12.5. The van der Waals surface area contributed by atoms with Crippen LogP contribution in [-0.2, 0) is 16.6 Å². The van der Waals surface area contributed by atoms with Crippen molar-refractivity contribution in [3.8, 4) is 0 Å². The molecule has 21 heavy (non-hydrogen) atoms. The van der Waals surface area contributed by atoms with Gasteiger partial charge in [-0.05, 0) is 35.9 Å². The lowest BCUT2D eigenvalue weighted by molar-refractivity contribution is 0.466. The van der Waals surface area contributed by atoms with Crippen molar-refractivity contribution in [3.63, 3.8) is 0 Å². The molecule has 112 valence electrons. The van der Waals surface area contributed by atoms with Gasteiger partial charge in [0.05, 0.1) is 4.90 Å². The van der Waals surface area contributed by atoms with E-state index < -0.39 is 10.0 Å². The predicted molar refractivity (Wildman–Crippen MR) is 89.3 cm³/mol. The van der Waals surface area contributed by atoms with E-state index in [-0.39, 0.29) is 21.5 Å². The van der Waals surface area contributed by atoms with Crippen molar-refractivity contribution in [1.82, 2.24) is 4.31 Å². The standard InChI is InChI=1S/C14H12BrCl2NO2S/c1-18(9-10-2-4-11(15)5-3-10)21(19,20)14-7-12(16)6-13(17)8-14/h2-8H,9H2,1H3. The molecule has 3 nitrogen and oxygen atoms in total. The topological polar surface area (TPSA) is 37.4 Å². The molecule has 0 fully saturated rings. The third-order valence-electron chi connectivity index (χ3n) is 2.86. The van der Waals surface area contributed by atoms with Gasteiger partial charge in [0.1, 0.15) is 0 Å². The van der Waals surface area contributed by atoms with Crippen LogP contribution in [0.15, 0.2) is 51.8 Å². The molecular formula is C14H12BrCl2NO2S. The highest BCUT2D eigenvalue weighted by Crippen LogP contribution is 2.25. The number of sulfonamides is 1. The zero-order valence-electron chi connectivity index (χ0n) is 11.1. The second kappa shape index (κ2) is 6.67. The van der Waals surface area contributed by atoms with Crippen LogP contribution >= 0.6 is 39.1 Å². The molecule has 0 saturated carbocycles. The molecule has 0 radical (unpaired) electrons. The van der Waals surface area contributed by atoms with Gasteiger partial charge in [-0.3, -0.25) is 0 Å². The Morgan fingerprint density at radius 3 is 2.10 bits per heavy atom. The van der Waals surface area contributed by atoms with Crippen LogP contribution in [-0.4, -0.2) is 19.8 Å². The number of halogens is 3. The van der Waals surface area contributed by atoms with Crippen LogP contribution in [0.25, 0.3) is 0 Å². The van der Waals surface area contributed by atoms with Gasteiger partial charge in [-0.2, -0.15) is 4.31 Å². The van der Waals surface area contributed by atoms with E-state index in [1.165, 1.54) is 29.6 Å². The molecule has 7 heteroatoms. The van der Waals surface area contributed by atoms with Gasteiger partial charge in [0.25, 0.3) is 0 Å². The van der Waals surface area contributed by atoms with Gasteiger partial charge in [0.2, 0.25) is 10.0 Å². The van der Waals surface area contributed by atoms with Crippen LogP contribution < -0.4 is 0 Å². The summed E-state index contributed by atoms with van der Waals surface area (Å²) < 4.78 is 27.2. The maximum absolute atomic E-state index is 12.5. The summed E-state index contributed by atoms with van der Waals surface area (Å²) in [7, 11) is -2.12. The van der Waals surface area contributed by atoms with E-state index in [0.29, 0.717) is 0 Å². The van der Waals surface area contributed by atoms with Gasteiger partial charge in [-0.25, -0.2) is 8.42 Å². The predicted octanol–water partition coefficient (Wildman–Crippen LogP) is 4.58. The van der Waals surface area contributed by atoms with Crippen LogP contribution in [0.1, 0.15) is 5.56 Å². The van der Waals surface area contributed by atoms with E-state index in [9.17, 15) is 8.42 Å². The van der Waals surface area contributed by atoms with Gasteiger partial charge < -0.3 is 0 Å². The molecule has 2 rings (SSSR count). The minimum absolute atomic E-state index is 0.0830. The fraction of sp³-hybridized carbons (Fsp3) is 0.143. The highest BCUT2D eigenvalue weighted by Gasteiger charge is 2.21. The Kier molecular flexibility index (Phi) is 5.33. The molecule has 0 aliphatic rings. The molecule has 0 bridgehead atoms. The number of benzene rings is 2. The summed E-state index contributed by atoms with van der Waals surface area (Å²) in [6.45, 7) is 0.264. The fourth-order valence-corrected chi connectivity index (χ4v) is 3.94. The summed E-state index contributed by atoms with van der Waals surface area (Å²) in [4.78, 5) is 0.0830. The van der Waals surface area contributed by atoms with E-state index in [1.54, 1.807) is 0 Å². The first-order valence-electron chi connectivity index (χ1n) is 5.96. The molecule has 0 atom stereocenters. The minimum Gasteiger partial charge on any atom is -0.207 e. The number of hydrogen-bond donors (Lipinski definition) is 0. The summed E-state index contributed by atoms with van der Waals surface area (Å²) in [5, 5.41) is 0.580. The Labute approximate surface area is 142 Å². The van der Waals surface area contributed by atoms with Gasteiger partial charge in [0, 0.05) is 28.1 Å². The van der Waals surface area contributed by atoms with Crippen LogP contribution in [0.2, 0.25) is 10.0 Å². The first-order valence-corrected chi connectivity index (χ1v) is 8.95. The highest BCUT2D eigenvalue weighted by molar-refractivity contribution is 9.10. The minimum atomic E-state index is -3.64. The smallest absolute Gasteiger partial charge is 0.207 e. The molecular weight excluding hydrogens is 397 g/mol. The Balaban J connectivity index is 2.28. The van der Waals surface area contributed by atoms with E-state index in [2.05, 4.69) is 15.9 Å². The lowest BCUT2D eigenvalue weighted by atomic mass is 10.2. The number of rotatable bonds is 4. The molecule has 0 N–H and O–H groups in total. The van der Waals surface area contributed by atoms with Gasteiger partial charge in [-0.1, -0.05) is 51.3 Å². The number of nitrogens with zero attached hydrogens (tertiary/aromatic N) is 1. The van der Waals surface area contributed by atoms with Crippen molar-refractivity contribution in [2.45, 2.75) is 11.4 Å². The lowest BCUT2D eigenvalue weighted by Gasteiger charge is -2.17. The SMILES string of the molecule is CN(Cc1ccc(Br)cc1)S(=O)(=O)c1cc(Cl)cc(Cl)c1. The maximum Gasteiger partial charge on any atom is 0.243 e. The normalized spacial score (nSPS) is 11.9. The molecule has 0 aromatic heterocycles. The molecule has 0 aliphatic carbocycles. The van der Waals surface area contributed by atoms with E-state index in [0.717, 1.165) is 10.0 Å². The first-order chi connectivity index (χ1) is 9.79. The van der Waals surface area contributed by atoms with E-state index >= 15 is 0 Å². The van der Waals surface area contributed by atoms with Crippen molar-refractivity contribution in [3.05, 3.63) is 62.5 Å². The summed E-state index contributed by atoms with van der Waals surface area (Å²) >= 11 is 15.1. The van der Waals surface area contributed by atoms with Crippen LogP contribution in [0.4, 0.5) is 0 Å². The largest absolute Gasteiger partial charge is 0.243 e. The Morgan fingerprint density at radius 2 is 1.57 bits per heavy atom. The molecule has 2 aromatic carbocycles. The Bertz CT molecular complexity index is 728. The molecule has 0 saturated heterocycles. The lowest BCUT2D eigenvalue weighted by Crippen LogP contribution is -2.26. The monoisotopic (exact) mass is 407 g/mol. The average Bonchev–Trinajstić information content (AvgIpc) is 2.40. The van der Waals surface area contributed by atoms with Gasteiger partial charge in [0.15, 0.2) is 0 Å². The molecule has 0 heterocycles. The first kappa shape index (κ1) is 16.8. The molecule has 0 amide bonds. The Morgan fingerprint density at radius 1 is 1.05 bits per heavy atom. The van der Waals surface area contributed by atoms with Crippen molar-refractivity contribution in [2.75, 3.05) is 7.05 Å². The summed E-state index contributed by atoms with van der Waals surface area (Å²) in [5.74, 6) is 0. The van der Waals surface area contributed by atoms with E-state index in [4.69, 9.17) is 23.2 Å². The molecule has 0 spiro atoms. The molecule has 0 unspecified atom stereocenters. The summed E-state index contributed by atoms with van der Waals surface area (Å²) in [5.41, 5.74) is 0.886. The second-order valence-corrected chi connectivity index (χ2v) is 8.33. The number of hydrogen-bond acceptors (Lipinski definition) is 2. The second-order valence-electron chi connectivity index (χ2n) is 4.49. The van der Waals surface area contributed by atoms with Crippen LogP contribution in [0, 0.1) is 0 Å². The highest BCUT2D eigenvalue weighted by atomic mass is 79.9. The summed E-state index contributed by atoms with van der Waals surface area (Å²) in [6, 6.07) is 11.7. The van der Waals surface area contributed by atoms with Gasteiger partial charge >= 0.3 is 0 Å². The van der Waals surface area contributed by atoms with Crippen molar-refractivity contribution >= 4 is 49.2 Å². The average molecular weight is 409 g/mol. The van der Waals surface area contributed by atoms with Crippen LogP contribution in [0.5, 0.6) is 0 Å². The zero-order valence-corrected chi connectivity index (χ0v) is 15.0. The molecule has 0 aliphatic heterocycles. The van der Waals surface area contributed by atoms with Crippen molar-refractivity contribution in [2.24, 2.45) is 0 Å². The Hall–Kier alpha value is -0.590. The van der Waals surface area contributed by atoms with Gasteiger partial charge in [-0.15, -0.1) is 0 Å². The van der Waals surface area contributed by atoms with E-state index in [1.807, 2.05) is 24.3 Å². The molecule has 2 aromatic rings. The van der Waals surface area contributed by atoms with Crippen molar-refractivity contribution < 1.29 is 8.42 Å². The van der Waals surface area contributed by atoms with Crippen LogP contribution in [0.3, 0.4) is 0 Å². The zero-order chi connectivity index (χ0) is 15.6. The quantitative estimate of drug-likeness (QED) is 0.742. The third kappa shape index (κ3) is 4.20. The van der Waals surface area contributed by atoms with Crippen molar-refractivity contribution in [1.29, 1.82) is 0 Å².